The highest BCUT2D eigenvalue weighted by atomic mass is 16.6. The highest BCUT2D eigenvalue weighted by Crippen LogP contribution is 2.78. The van der Waals surface area contributed by atoms with Gasteiger partial charge in [-0.15, -0.1) is 0 Å². The summed E-state index contributed by atoms with van der Waals surface area (Å²) in [5, 5.41) is 0. The highest BCUT2D eigenvalue weighted by Gasteiger charge is 2.82. The molecule has 180 valence electrons. The molecule has 0 radical (unpaired) electrons. The van der Waals surface area contributed by atoms with E-state index in [0.29, 0.717) is 18.4 Å². The maximum Gasteiger partial charge on any atom is 0.303 e. The summed E-state index contributed by atoms with van der Waals surface area (Å²) in [5.41, 5.74) is 0.394. The quantitative estimate of drug-likeness (QED) is 0.476. The molecule has 3 saturated heterocycles. The lowest BCUT2D eigenvalue weighted by Crippen LogP contribution is -2.85. The molecule has 7 bridgehead atoms. The van der Waals surface area contributed by atoms with Crippen LogP contribution in [0.15, 0.2) is 12.2 Å². The van der Waals surface area contributed by atoms with Crippen LogP contribution in [0, 0.1) is 34.0 Å². The third kappa shape index (κ3) is 2.52. The second kappa shape index (κ2) is 6.83. The first-order valence-corrected chi connectivity index (χ1v) is 12.6. The lowest BCUT2D eigenvalue weighted by Gasteiger charge is -2.79. The standard InChI is InChI=1S/C26H35NO6/c1-14-13-25-9-6-17(14)12-18(25)26-8-5-7-24(4)20(26)19(32-16(3)29)21(25)33-23(26)27(22(24)30)10-11-31-15(2)28/h17-21,23H,1,5-13H2,2-4H3/t17-,18?,19-,20+,21+,23?,24+,25+,26+/m0/s1. The van der Waals surface area contributed by atoms with E-state index in [1.807, 2.05) is 4.90 Å². The third-order valence-electron chi connectivity index (χ3n) is 10.4. The van der Waals surface area contributed by atoms with Crippen molar-refractivity contribution in [2.24, 2.45) is 34.0 Å². The van der Waals surface area contributed by atoms with Crippen LogP contribution in [0.1, 0.15) is 65.7 Å². The van der Waals surface area contributed by atoms with Gasteiger partial charge in [0, 0.05) is 30.6 Å². The van der Waals surface area contributed by atoms with Crippen LogP contribution < -0.4 is 0 Å². The first kappa shape index (κ1) is 21.6. The molecule has 8 fully saturated rings. The van der Waals surface area contributed by atoms with Crippen molar-refractivity contribution in [3.63, 3.8) is 0 Å². The summed E-state index contributed by atoms with van der Waals surface area (Å²) in [7, 11) is 0. The molecule has 2 unspecified atom stereocenters. The number of carbonyl (C=O) groups excluding carboxylic acids is 3. The van der Waals surface area contributed by atoms with Crippen molar-refractivity contribution in [1.29, 1.82) is 0 Å². The molecular weight excluding hydrogens is 422 g/mol. The number of fused-ring (bicyclic) bond motifs is 2. The third-order valence-corrected chi connectivity index (χ3v) is 10.4. The van der Waals surface area contributed by atoms with Crippen molar-refractivity contribution in [3.05, 3.63) is 12.2 Å². The molecule has 8 aliphatic rings. The van der Waals surface area contributed by atoms with E-state index in [0.717, 1.165) is 44.9 Å². The fourth-order valence-corrected chi connectivity index (χ4v) is 9.62. The largest absolute Gasteiger partial charge is 0.464 e. The van der Waals surface area contributed by atoms with Gasteiger partial charge in [-0.1, -0.05) is 25.5 Å². The summed E-state index contributed by atoms with van der Waals surface area (Å²) in [5.74, 6) is 0.344. The molecule has 5 saturated carbocycles. The van der Waals surface area contributed by atoms with Crippen LogP contribution in [0.25, 0.3) is 0 Å². The van der Waals surface area contributed by atoms with Gasteiger partial charge in [0.1, 0.15) is 25.0 Å². The average Bonchev–Trinajstić information content (AvgIpc) is 2.75. The Bertz CT molecular complexity index is 947. The monoisotopic (exact) mass is 457 g/mol. The fourth-order valence-electron chi connectivity index (χ4n) is 9.62. The maximum atomic E-state index is 14.0. The second-order valence-corrected chi connectivity index (χ2v) is 11.8. The molecule has 3 heterocycles. The van der Waals surface area contributed by atoms with Crippen molar-refractivity contribution >= 4 is 17.8 Å². The lowest BCUT2D eigenvalue weighted by molar-refractivity contribution is -0.407. The minimum atomic E-state index is -0.609. The minimum Gasteiger partial charge on any atom is -0.464 e. The van der Waals surface area contributed by atoms with Crippen molar-refractivity contribution in [2.75, 3.05) is 13.2 Å². The first-order chi connectivity index (χ1) is 15.6. The Hall–Kier alpha value is -1.89. The number of piperidine rings is 1. The number of rotatable bonds is 4. The second-order valence-electron chi connectivity index (χ2n) is 11.8. The molecule has 0 N–H and O–H groups in total. The smallest absolute Gasteiger partial charge is 0.303 e. The van der Waals surface area contributed by atoms with E-state index in [1.54, 1.807) is 0 Å². The van der Waals surface area contributed by atoms with Gasteiger partial charge < -0.3 is 19.1 Å². The number of hydrogen-bond donors (Lipinski definition) is 0. The van der Waals surface area contributed by atoms with E-state index >= 15 is 0 Å². The Balaban J connectivity index is 1.49. The summed E-state index contributed by atoms with van der Waals surface area (Å²) in [6, 6.07) is 0. The first-order valence-electron chi connectivity index (χ1n) is 12.6. The van der Waals surface area contributed by atoms with Crippen LogP contribution >= 0.6 is 0 Å². The van der Waals surface area contributed by atoms with Crippen LogP contribution in [0.3, 0.4) is 0 Å². The van der Waals surface area contributed by atoms with Gasteiger partial charge in [-0.3, -0.25) is 14.4 Å². The molecule has 9 atom stereocenters. The van der Waals surface area contributed by atoms with Crippen LogP contribution in [0.5, 0.6) is 0 Å². The molecule has 0 aromatic heterocycles. The Morgan fingerprint density at radius 3 is 2.70 bits per heavy atom. The van der Waals surface area contributed by atoms with Gasteiger partial charge in [-0.2, -0.15) is 0 Å². The topological polar surface area (TPSA) is 82.1 Å². The van der Waals surface area contributed by atoms with E-state index in [4.69, 9.17) is 14.2 Å². The fraction of sp³-hybridized carbons (Fsp3) is 0.808. The number of carbonyl (C=O) groups is 3. The van der Waals surface area contributed by atoms with Crippen LogP contribution in [0.2, 0.25) is 0 Å². The zero-order chi connectivity index (χ0) is 23.3. The summed E-state index contributed by atoms with van der Waals surface area (Å²) < 4.78 is 18.2. The van der Waals surface area contributed by atoms with Gasteiger partial charge in [0.2, 0.25) is 5.91 Å². The Morgan fingerprint density at radius 1 is 1.21 bits per heavy atom. The molecular formula is C26H35NO6. The Morgan fingerprint density at radius 2 is 2.00 bits per heavy atom. The van der Waals surface area contributed by atoms with Crippen molar-refractivity contribution in [3.8, 4) is 0 Å². The molecule has 2 spiro atoms. The molecule has 1 amide bonds. The number of hydrogen-bond acceptors (Lipinski definition) is 6. The normalized spacial score (nSPS) is 49.0. The molecule has 33 heavy (non-hydrogen) atoms. The number of nitrogens with zero attached hydrogens (tertiary/aromatic N) is 1. The maximum absolute atomic E-state index is 14.0. The van der Waals surface area contributed by atoms with Crippen molar-refractivity contribution < 1.29 is 28.6 Å². The zero-order valence-electron chi connectivity index (χ0n) is 19.9. The summed E-state index contributed by atoms with van der Waals surface area (Å²) in [6.07, 6.45) is 5.99. The van der Waals surface area contributed by atoms with E-state index in [-0.39, 0.29) is 53.5 Å². The summed E-state index contributed by atoms with van der Waals surface area (Å²) >= 11 is 0. The minimum absolute atomic E-state index is 0.0351. The molecule has 5 aliphatic carbocycles. The van der Waals surface area contributed by atoms with Crippen LogP contribution in [-0.2, 0) is 28.6 Å². The molecule has 0 aromatic rings. The predicted molar refractivity (Wildman–Crippen MR) is 117 cm³/mol. The predicted octanol–water partition coefficient (Wildman–Crippen LogP) is 3.22. The summed E-state index contributed by atoms with van der Waals surface area (Å²) in [4.78, 5) is 39.6. The van der Waals surface area contributed by atoms with Gasteiger partial charge in [0.05, 0.1) is 12.0 Å². The summed E-state index contributed by atoms with van der Waals surface area (Å²) in [6.45, 7) is 9.88. The van der Waals surface area contributed by atoms with Gasteiger partial charge in [0.15, 0.2) is 0 Å². The highest BCUT2D eigenvalue weighted by molar-refractivity contribution is 5.85. The Kier molecular flexibility index (Phi) is 4.48. The number of likely N-dealkylation sites (tertiary alicyclic amines) is 1. The molecule has 0 aromatic carbocycles. The number of allylic oxidation sites excluding steroid dienone is 1. The van der Waals surface area contributed by atoms with Gasteiger partial charge in [-0.25, -0.2) is 0 Å². The lowest BCUT2D eigenvalue weighted by atomic mass is 9.32. The molecule has 3 aliphatic heterocycles. The van der Waals surface area contributed by atoms with E-state index < -0.39 is 11.5 Å². The van der Waals surface area contributed by atoms with Gasteiger partial charge in [0.25, 0.3) is 0 Å². The van der Waals surface area contributed by atoms with Gasteiger partial charge in [-0.05, 0) is 50.4 Å². The number of ether oxygens (including phenoxy) is 3. The van der Waals surface area contributed by atoms with Crippen molar-refractivity contribution in [1.82, 2.24) is 4.90 Å². The van der Waals surface area contributed by atoms with Gasteiger partial charge >= 0.3 is 11.9 Å². The van der Waals surface area contributed by atoms with Crippen molar-refractivity contribution in [2.45, 2.75) is 84.2 Å². The molecule has 8 rings (SSSR count). The number of esters is 2. The Labute approximate surface area is 195 Å². The van der Waals surface area contributed by atoms with E-state index in [1.165, 1.54) is 19.4 Å². The number of amides is 1. The van der Waals surface area contributed by atoms with E-state index in [9.17, 15) is 14.4 Å². The van der Waals surface area contributed by atoms with Crippen LogP contribution in [-0.4, -0.2) is 54.3 Å². The van der Waals surface area contributed by atoms with E-state index in [2.05, 4.69) is 13.5 Å². The SMILES string of the molecule is C=C1C[C@]23CC[C@H]1CC2[C@@]12CCC[C@@]4(C)C(=O)N(CCOC(C)=O)C1O[C@@H]3[C@@H](OC(C)=O)[C@@H]24. The zero-order valence-corrected chi connectivity index (χ0v) is 19.9. The van der Waals surface area contributed by atoms with Crippen LogP contribution in [0.4, 0.5) is 0 Å². The molecule has 7 heteroatoms. The average molecular weight is 458 g/mol. The molecule has 7 nitrogen and oxygen atoms in total.